The Morgan fingerprint density at radius 1 is 1.05 bits per heavy atom. The highest BCUT2D eigenvalue weighted by Crippen LogP contribution is 2.40. The number of esters is 2. The minimum absolute atomic E-state index is 0.0114. The number of allylic oxidation sites excluding steroid dienone is 2. The van der Waals surface area contributed by atoms with E-state index >= 15 is 0 Å². The van der Waals surface area contributed by atoms with E-state index in [0.717, 1.165) is 25.5 Å². The number of nitrogens with one attached hydrogen (secondary N) is 1. The Bertz CT molecular complexity index is 1180. The van der Waals surface area contributed by atoms with E-state index < -0.39 is 22.0 Å². The first kappa shape index (κ1) is 36.5. The molecule has 1 aromatic rings. The van der Waals surface area contributed by atoms with Crippen LogP contribution in [0.2, 0.25) is 0 Å². The fourth-order valence-electron chi connectivity index (χ4n) is 5.13. The Kier molecular flexibility index (Phi) is 16.6. The summed E-state index contributed by atoms with van der Waals surface area (Å²) in [5.74, 6) is -0.929. The molecule has 4 atom stereocenters. The molecule has 0 spiro atoms. The second-order valence-corrected chi connectivity index (χ2v) is 13.5. The molecule has 0 bridgehead atoms. The summed E-state index contributed by atoms with van der Waals surface area (Å²) in [5.41, 5.74) is 0. The third-order valence-corrected chi connectivity index (χ3v) is 9.63. The monoisotopic (exact) mass is 642 g/mol. The number of nitrogens with zero attached hydrogens (tertiary/aromatic N) is 3. The van der Waals surface area contributed by atoms with Gasteiger partial charge in [-0.05, 0) is 31.6 Å². The number of sulfonamides is 1. The van der Waals surface area contributed by atoms with E-state index in [4.69, 9.17) is 9.47 Å². The van der Waals surface area contributed by atoms with Gasteiger partial charge < -0.3 is 19.9 Å². The number of aliphatic hydroxyl groups is 1. The largest absolute Gasteiger partial charge is 0.465 e. The summed E-state index contributed by atoms with van der Waals surface area (Å²) in [7, 11) is -4.05. The van der Waals surface area contributed by atoms with Gasteiger partial charge in [-0.2, -0.15) is 12.8 Å². The van der Waals surface area contributed by atoms with Crippen LogP contribution in [0.25, 0.3) is 0 Å². The number of aliphatic hydroxyl groups excluding tert-OH is 1. The number of anilines is 1. The van der Waals surface area contributed by atoms with E-state index in [9.17, 15) is 27.9 Å². The minimum atomic E-state index is -4.05. The number of hydrogen-bond acceptors (Lipinski definition) is 11. The van der Waals surface area contributed by atoms with Crippen molar-refractivity contribution in [2.45, 2.75) is 121 Å². The number of aromatic nitrogens is 2. The van der Waals surface area contributed by atoms with E-state index in [1.165, 1.54) is 39.5 Å². The average molecular weight is 643 g/mol. The van der Waals surface area contributed by atoms with Gasteiger partial charge >= 0.3 is 22.0 Å². The third kappa shape index (κ3) is 14.1. The molecule has 0 aromatic carbocycles. The molecule has 43 heavy (non-hydrogen) atoms. The standard InChI is InChI=1S/C29H46N4O8S2/c1-4-5-6-7-8-11-15-23-24(26(20-25(23)36)41-22(3)35)16-12-9-10-13-17-27(37)40-19-14-18-30-43(38,39)29-33-32-28(42-29)31-21(2)34/h9,12,18,23-26,36H,4-8,10-11,13-17,19-20H2,1-3H3,(H,31,32,34)/b12-9-,30-18+/t23-,24-,25-,26+/m1/s1. The zero-order valence-corrected chi connectivity index (χ0v) is 27.0. The maximum Gasteiger partial charge on any atom is 0.311 e. The van der Waals surface area contributed by atoms with Gasteiger partial charge in [0.15, 0.2) is 0 Å². The van der Waals surface area contributed by atoms with Crippen molar-refractivity contribution in [2.75, 3.05) is 11.9 Å². The lowest BCUT2D eigenvalue weighted by molar-refractivity contribution is -0.148. The summed E-state index contributed by atoms with van der Waals surface area (Å²) in [5, 5.41) is 20.2. The van der Waals surface area contributed by atoms with Gasteiger partial charge in [-0.15, -0.1) is 10.2 Å². The van der Waals surface area contributed by atoms with Gasteiger partial charge in [0, 0.05) is 45.2 Å². The van der Waals surface area contributed by atoms with Crippen LogP contribution in [0, 0.1) is 11.8 Å². The molecule has 1 aliphatic rings. The highest BCUT2D eigenvalue weighted by Gasteiger charge is 2.43. The maximum absolute atomic E-state index is 12.2. The van der Waals surface area contributed by atoms with Crippen LogP contribution in [0.15, 0.2) is 20.9 Å². The molecule has 1 heterocycles. The van der Waals surface area contributed by atoms with Crippen molar-refractivity contribution in [1.29, 1.82) is 0 Å². The quantitative estimate of drug-likeness (QED) is 0.0649. The van der Waals surface area contributed by atoms with E-state index in [1.54, 1.807) is 0 Å². The van der Waals surface area contributed by atoms with E-state index in [1.807, 2.05) is 12.2 Å². The van der Waals surface area contributed by atoms with Crippen LogP contribution in [-0.4, -0.2) is 66.6 Å². The molecular formula is C29H46N4O8S2. The fraction of sp³-hybridized carbons (Fsp3) is 0.724. The van der Waals surface area contributed by atoms with Gasteiger partial charge in [-0.1, -0.05) is 68.9 Å². The average Bonchev–Trinajstić information content (AvgIpc) is 3.51. The number of carbonyl (C=O) groups is 3. The molecule has 2 N–H and O–H groups in total. The van der Waals surface area contributed by atoms with Gasteiger partial charge in [0.2, 0.25) is 11.0 Å². The van der Waals surface area contributed by atoms with Crippen molar-refractivity contribution in [3.63, 3.8) is 0 Å². The molecule has 2 rings (SSSR count). The molecular weight excluding hydrogens is 596 g/mol. The van der Waals surface area contributed by atoms with Crippen LogP contribution in [0.1, 0.15) is 104 Å². The van der Waals surface area contributed by atoms with Gasteiger partial charge in [0.1, 0.15) is 6.10 Å². The van der Waals surface area contributed by atoms with Crippen molar-refractivity contribution in [2.24, 2.45) is 16.2 Å². The van der Waals surface area contributed by atoms with Crippen LogP contribution < -0.4 is 5.32 Å². The molecule has 0 unspecified atom stereocenters. The first-order valence-electron chi connectivity index (χ1n) is 15.1. The van der Waals surface area contributed by atoms with Gasteiger partial charge in [0.05, 0.1) is 12.7 Å². The second-order valence-electron chi connectivity index (χ2n) is 10.8. The van der Waals surface area contributed by atoms with Crippen LogP contribution in [-0.2, 0) is 33.9 Å². The zero-order chi connectivity index (χ0) is 31.7. The number of unbranched alkanes of at least 4 members (excludes halogenated alkanes) is 6. The summed E-state index contributed by atoms with van der Waals surface area (Å²) in [6.45, 7) is 4.86. The van der Waals surface area contributed by atoms with Crippen molar-refractivity contribution >= 4 is 50.6 Å². The smallest absolute Gasteiger partial charge is 0.311 e. The maximum atomic E-state index is 12.2. The summed E-state index contributed by atoms with van der Waals surface area (Å²) in [4.78, 5) is 34.7. The van der Waals surface area contributed by atoms with Gasteiger partial charge in [0.25, 0.3) is 4.34 Å². The predicted molar refractivity (Wildman–Crippen MR) is 164 cm³/mol. The molecule has 1 aliphatic carbocycles. The molecule has 1 saturated carbocycles. The Hall–Kier alpha value is -2.71. The number of carbonyl (C=O) groups excluding carboxylic acids is 3. The van der Waals surface area contributed by atoms with Crippen LogP contribution in [0.4, 0.5) is 5.13 Å². The van der Waals surface area contributed by atoms with E-state index in [2.05, 4.69) is 26.8 Å². The highest BCUT2D eigenvalue weighted by atomic mass is 32.2. The molecule has 0 saturated heterocycles. The lowest BCUT2D eigenvalue weighted by Gasteiger charge is -2.24. The van der Waals surface area contributed by atoms with Crippen molar-refractivity contribution in [3.8, 4) is 0 Å². The first-order valence-corrected chi connectivity index (χ1v) is 17.3. The Morgan fingerprint density at radius 3 is 2.51 bits per heavy atom. The Balaban J connectivity index is 1.69. The summed E-state index contributed by atoms with van der Waals surface area (Å²) in [6.07, 6.45) is 15.3. The van der Waals surface area contributed by atoms with E-state index in [0.29, 0.717) is 37.0 Å². The molecule has 14 heteroatoms. The normalized spacial score (nSPS) is 20.6. The number of ether oxygens (including phenoxy) is 2. The zero-order valence-electron chi connectivity index (χ0n) is 25.4. The second kappa shape index (κ2) is 19.5. The predicted octanol–water partition coefficient (Wildman–Crippen LogP) is 4.99. The molecule has 242 valence electrons. The van der Waals surface area contributed by atoms with Crippen molar-refractivity contribution in [3.05, 3.63) is 12.2 Å². The first-order chi connectivity index (χ1) is 20.5. The molecule has 1 amide bonds. The molecule has 1 aromatic heterocycles. The summed E-state index contributed by atoms with van der Waals surface area (Å²) >= 11 is 0.689. The van der Waals surface area contributed by atoms with Crippen molar-refractivity contribution < 1.29 is 37.4 Å². The highest BCUT2D eigenvalue weighted by molar-refractivity contribution is 7.92. The minimum Gasteiger partial charge on any atom is -0.465 e. The summed E-state index contributed by atoms with van der Waals surface area (Å²) in [6, 6.07) is 0. The topological polar surface area (TPSA) is 174 Å². The molecule has 1 fully saturated rings. The lowest BCUT2D eigenvalue weighted by Crippen LogP contribution is -2.25. The van der Waals surface area contributed by atoms with E-state index in [-0.39, 0.29) is 58.8 Å². The molecule has 0 aliphatic heterocycles. The third-order valence-electron chi connectivity index (χ3n) is 7.16. The molecule has 12 nitrogen and oxygen atoms in total. The van der Waals surface area contributed by atoms with Gasteiger partial charge in [-0.25, -0.2) is 0 Å². The number of hydrogen-bond donors (Lipinski definition) is 2. The van der Waals surface area contributed by atoms with Gasteiger partial charge in [-0.3, -0.25) is 14.4 Å². The van der Waals surface area contributed by atoms with Crippen LogP contribution in [0.5, 0.6) is 0 Å². The lowest BCUT2D eigenvalue weighted by atomic mass is 9.86. The van der Waals surface area contributed by atoms with Crippen LogP contribution in [0.3, 0.4) is 0 Å². The van der Waals surface area contributed by atoms with Crippen LogP contribution >= 0.6 is 11.3 Å². The van der Waals surface area contributed by atoms with Crippen molar-refractivity contribution in [1.82, 2.24) is 10.2 Å². The fourth-order valence-corrected chi connectivity index (χ4v) is 6.98. The number of amides is 1. The SMILES string of the molecule is CCCCCCCC[C@@H]1[C@@H](C/C=C\CCCC(=O)OCC/C=N/S(=O)(=O)c2nnc(NC(C)=O)s2)[C@@H](OC(C)=O)C[C@H]1O. The Labute approximate surface area is 258 Å². The number of rotatable bonds is 20. The molecule has 0 radical (unpaired) electrons. The summed E-state index contributed by atoms with van der Waals surface area (Å²) < 4.78 is 38.2. The Morgan fingerprint density at radius 2 is 1.79 bits per heavy atom.